The Morgan fingerprint density at radius 2 is 1.45 bits per heavy atom. The molecule has 10 nitrogen and oxygen atoms in total. The van der Waals surface area contributed by atoms with Gasteiger partial charge >= 0.3 is 6.09 Å². The number of likely N-dealkylation sites (N-methyl/N-ethyl adjacent to an activating group) is 1. The average molecular weight is 754 g/mol. The molecule has 5 aromatic rings. The number of likely N-dealkylation sites (tertiary alicyclic amines) is 1. The Kier molecular flexibility index (Phi) is 12.3. The van der Waals surface area contributed by atoms with Crippen LogP contribution in [0, 0.1) is 5.92 Å². The fraction of sp³-hybridized carbons (Fsp3) is 0.283. The minimum Gasteiger partial charge on any atom is -0.445 e. The third-order valence-corrected chi connectivity index (χ3v) is 10.4. The van der Waals surface area contributed by atoms with Crippen LogP contribution in [0.1, 0.15) is 59.1 Å². The van der Waals surface area contributed by atoms with E-state index in [1.165, 1.54) is 10.5 Å². The Hall–Kier alpha value is -5.65. The number of alkyl carbamates (subject to hydrolysis) is 1. The average Bonchev–Trinajstić information content (AvgIpc) is 3.48. The number of nitrogens with zero attached hydrogens (tertiary/aromatic N) is 2. The molecule has 5 aromatic carbocycles. The predicted octanol–water partition coefficient (Wildman–Crippen LogP) is 7.32. The number of aliphatic hydroxyl groups is 1. The summed E-state index contributed by atoms with van der Waals surface area (Å²) in [5.41, 5.74) is 7.49. The Morgan fingerprint density at radius 1 is 0.786 bits per heavy atom. The van der Waals surface area contributed by atoms with E-state index in [2.05, 4.69) is 48.5 Å². The molecular formula is C46H47N3O7. The second-order valence-electron chi connectivity index (χ2n) is 14.6. The van der Waals surface area contributed by atoms with E-state index in [1.807, 2.05) is 109 Å². The summed E-state index contributed by atoms with van der Waals surface area (Å²) in [4.78, 5) is 42.0. The maximum absolute atomic E-state index is 13.2. The van der Waals surface area contributed by atoms with Crippen molar-refractivity contribution in [3.05, 3.63) is 167 Å². The lowest BCUT2D eigenvalue weighted by atomic mass is 9.90. The topological polar surface area (TPSA) is 118 Å². The van der Waals surface area contributed by atoms with Crippen LogP contribution < -0.4 is 5.32 Å². The predicted molar refractivity (Wildman–Crippen MR) is 211 cm³/mol. The molecule has 0 saturated carbocycles. The van der Waals surface area contributed by atoms with Gasteiger partial charge in [0.25, 0.3) is 5.91 Å². The molecule has 56 heavy (non-hydrogen) atoms. The van der Waals surface area contributed by atoms with Crippen LogP contribution in [-0.2, 0) is 50.1 Å². The number of rotatable bonds is 13. The van der Waals surface area contributed by atoms with Crippen molar-refractivity contribution >= 4 is 17.9 Å². The lowest BCUT2D eigenvalue weighted by Crippen LogP contribution is -2.43. The quantitative estimate of drug-likeness (QED) is 0.120. The Bertz CT molecular complexity index is 2090. The first kappa shape index (κ1) is 38.6. The SMILES string of the molecule is C[C@H]1[C@@H](CN(C)Cc2ccccc2)O[C@@H](c2ccc(-c3cccc(CN4C(=O)CC(NC(=O)OCc5ccccc5)C4=O)c3)cc2)O[C@H]1c1ccc(CO)cc1. The van der Waals surface area contributed by atoms with Gasteiger partial charge in [0, 0.05) is 24.6 Å². The van der Waals surface area contributed by atoms with E-state index in [1.54, 1.807) is 0 Å². The molecule has 1 unspecified atom stereocenters. The van der Waals surface area contributed by atoms with Gasteiger partial charge in [-0.2, -0.15) is 0 Å². The van der Waals surface area contributed by atoms with Crippen LogP contribution in [0.15, 0.2) is 133 Å². The molecule has 2 N–H and O–H groups in total. The summed E-state index contributed by atoms with van der Waals surface area (Å²) in [5, 5.41) is 12.2. The number of amides is 3. The highest BCUT2D eigenvalue weighted by Gasteiger charge is 2.40. The van der Waals surface area contributed by atoms with Gasteiger partial charge in [0.15, 0.2) is 6.29 Å². The van der Waals surface area contributed by atoms with Crippen LogP contribution in [0.5, 0.6) is 0 Å². The van der Waals surface area contributed by atoms with Gasteiger partial charge in [0.1, 0.15) is 12.6 Å². The monoisotopic (exact) mass is 753 g/mol. The molecule has 288 valence electrons. The van der Waals surface area contributed by atoms with Gasteiger partial charge < -0.3 is 24.6 Å². The molecule has 2 saturated heterocycles. The van der Waals surface area contributed by atoms with E-state index >= 15 is 0 Å². The zero-order valence-electron chi connectivity index (χ0n) is 31.6. The van der Waals surface area contributed by atoms with Gasteiger partial charge in [-0.1, -0.05) is 134 Å². The van der Waals surface area contributed by atoms with Crippen LogP contribution in [0.2, 0.25) is 0 Å². The second-order valence-corrected chi connectivity index (χ2v) is 14.6. The van der Waals surface area contributed by atoms with Crippen molar-refractivity contribution in [3.8, 4) is 11.1 Å². The van der Waals surface area contributed by atoms with Crippen LogP contribution in [0.4, 0.5) is 4.79 Å². The highest BCUT2D eigenvalue weighted by molar-refractivity contribution is 6.06. The molecule has 2 fully saturated rings. The summed E-state index contributed by atoms with van der Waals surface area (Å²) < 4.78 is 18.7. The highest BCUT2D eigenvalue weighted by atomic mass is 16.7. The maximum Gasteiger partial charge on any atom is 0.408 e. The van der Waals surface area contributed by atoms with Crippen molar-refractivity contribution in [2.75, 3.05) is 13.6 Å². The van der Waals surface area contributed by atoms with Crippen molar-refractivity contribution in [2.45, 2.75) is 64.2 Å². The minimum atomic E-state index is -0.975. The molecule has 7 rings (SSSR count). The van der Waals surface area contributed by atoms with Gasteiger partial charge in [-0.25, -0.2) is 4.79 Å². The first-order valence-electron chi connectivity index (χ1n) is 19.0. The Morgan fingerprint density at radius 3 is 2.14 bits per heavy atom. The van der Waals surface area contributed by atoms with E-state index in [-0.39, 0.29) is 50.2 Å². The summed E-state index contributed by atoms with van der Waals surface area (Å²) >= 11 is 0. The number of ether oxygens (including phenoxy) is 3. The number of imide groups is 1. The van der Waals surface area contributed by atoms with Crippen LogP contribution in [0.3, 0.4) is 0 Å². The number of aliphatic hydroxyl groups excluding tert-OH is 1. The van der Waals surface area contributed by atoms with E-state index in [0.717, 1.165) is 45.5 Å². The molecular weight excluding hydrogens is 707 g/mol. The molecule has 3 amide bonds. The third kappa shape index (κ3) is 9.41. The molecule has 0 spiro atoms. The lowest BCUT2D eigenvalue weighted by Gasteiger charge is -2.42. The number of hydrogen-bond acceptors (Lipinski definition) is 8. The Labute approximate surface area is 327 Å². The first-order valence-corrected chi connectivity index (χ1v) is 19.0. The van der Waals surface area contributed by atoms with Gasteiger partial charge in [0.05, 0.1) is 31.8 Å². The summed E-state index contributed by atoms with van der Waals surface area (Å²) in [6.45, 7) is 3.80. The number of benzene rings is 5. The largest absolute Gasteiger partial charge is 0.445 e. The molecule has 0 aliphatic carbocycles. The standard InChI is InChI=1S/C46H47N3O7/c1-31-41(28-48(2)26-32-10-5-3-6-11-32)55-45(56-43(31)37-18-16-33(29-50)17-19-37)38-22-20-36(21-23-38)39-15-9-14-35(24-39)27-49-42(51)25-40(44(49)52)47-46(53)54-30-34-12-7-4-8-13-34/h3-24,31,40-41,43,45,50H,25-30H2,1-2H3,(H,47,53)/t31-,40?,41+,43+,45+/m0/s1. The molecule has 0 bridgehead atoms. The zero-order valence-corrected chi connectivity index (χ0v) is 31.6. The Balaban J connectivity index is 1.02. The van der Waals surface area contributed by atoms with Crippen molar-refractivity contribution in [2.24, 2.45) is 5.92 Å². The fourth-order valence-corrected chi connectivity index (χ4v) is 7.33. The van der Waals surface area contributed by atoms with Crippen LogP contribution >= 0.6 is 0 Å². The summed E-state index contributed by atoms with van der Waals surface area (Å²) in [5.74, 6) is -0.761. The number of carbonyl (C=O) groups excluding carboxylic acids is 3. The van der Waals surface area contributed by atoms with Crippen molar-refractivity contribution in [1.82, 2.24) is 15.1 Å². The fourth-order valence-electron chi connectivity index (χ4n) is 7.33. The van der Waals surface area contributed by atoms with E-state index in [4.69, 9.17) is 14.2 Å². The number of hydrogen-bond donors (Lipinski definition) is 2. The van der Waals surface area contributed by atoms with Gasteiger partial charge in [-0.3, -0.25) is 19.4 Å². The lowest BCUT2D eigenvalue weighted by molar-refractivity contribution is -0.276. The molecule has 0 aromatic heterocycles. The molecule has 10 heteroatoms. The molecule has 2 aliphatic rings. The zero-order chi connectivity index (χ0) is 39.0. The summed E-state index contributed by atoms with van der Waals surface area (Å²) in [6, 6.07) is 42.4. The smallest absolute Gasteiger partial charge is 0.408 e. The highest BCUT2D eigenvalue weighted by Crippen LogP contribution is 2.42. The van der Waals surface area contributed by atoms with E-state index < -0.39 is 24.3 Å². The van der Waals surface area contributed by atoms with Crippen LogP contribution in [0.25, 0.3) is 11.1 Å². The first-order chi connectivity index (χ1) is 27.2. The minimum absolute atomic E-state index is 0.0182. The third-order valence-electron chi connectivity index (χ3n) is 10.4. The summed E-state index contributed by atoms with van der Waals surface area (Å²) in [6.07, 6.45) is -1.81. The molecule has 2 heterocycles. The van der Waals surface area contributed by atoms with E-state index in [9.17, 15) is 19.5 Å². The van der Waals surface area contributed by atoms with Gasteiger partial charge in [-0.15, -0.1) is 0 Å². The molecule has 5 atom stereocenters. The van der Waals surface area contributed by atoms with Crippen molar-refractivity contribution in [1.29, 1.82) is 0 Å². The maximum atomic E-state index is 13.2. The number of nitrogens with one attached hydrogen (secondary N) is 1. The molecule has 2 aliphatic heterocycles. The summed E-state index contributed by atoms with van der Waals surface area (Å²) in [7, 11) is 2.11. The van der Waals surface area contributed by atoms with Gasteiger partial charge in [0.2, 0.25) is 5.91 Å². The van der Waals surface area contributed by atoms with E-state index in [0.29, 0.717) is 6.54 Å². The van der Waals surface area contributed by atoms with Gasteiger partial charge in [-0.05, 0) is 52.1 Å². The number of carbonyl (C=O) groups is 3. The van der Waals surface area contributed by atoms with Crippen molar-refractivity contribution < 1.29 is 33.7 Å². The van der Waals surface area contributed by atoms with Crippen molar-refractivity contribution in [3.63, 3.8) is 0 Å². The molecule has 0 radical (unpaired) electrons. The second kappa shape index (κ2) is 17.9. The van der Waals surface area contributed by atoms with Crippen LogP contribution in [-0.4, -0.2) is 58.6 Å². The normalized spacial score (nSPS) is 21.0.